The Kier molecular flexibility index (Phi) is 4.56. The molecule has 0 aliphatic rings. The third kappa shape index (κ3) is 3.08. The lowest BCUT2D eigenvalue weighted by atomic mass is 10.00. The number of anilines is 1. The molecule has 1 N–H and O–H groups in total. The van der Waals surface area contributed by atoms with Crippen LogP contribution in [0.1, 0.15) is 35.5 Å². The van der Waals surface area contributed by atoms with Crippen LogP contribution in [0, 0.1) is 20.8 Å². The Morgan fingerprint density at radius 2 is 1.70 bits per heavy atom. The van der Waals surface area contributed by atoms with E-state index < -0.39 is 0 Å². The fourth-order valence-corrected chi connectivity index (χ4v) is 3.12. The lowest BCUT2D eigenvalue weighted by Gasteiger charge is -2.21. The molecule has 1 heterocycles. The molecule has 106 valence electrons. The zero-order valence-electron chi connectivity index (χ0n) is 12.1. The summed E-state index contributed by atoms with van der Waals surface area (Å²) in [5, 5.41) is 4.64. The molecule has 0 saturated carbocycles. The molecule has 0 spiro atoms. The van der Waals surface area contributed by atoms with E-state index in [1.165, 1.54) is 11.1 Å². The minimum atomic E-state index is 0.0838. The Morgan fingerprint density at radius 1 is 1.10 bits per heavy atom. The van der Waals surface area contributed by atoms with Crippen LogP contribution in [-0.2, 0) is 0 Å². The van der Waals surface area contributed by atoms with Gasteiger partial charge in [0.25, 0.3) is 0 Å². The second-order valence-electron chi connectivity index (χ2n) is 5.04. The number of rotatable bonds is 3. The third-order valence-corrected chi connectivity index (χ3v) is 3.97. The van der Waals surface area contributed by atoms with Gasteiger partial charge in [0, 0.05) is 11.4 Å². The lowest BCUT2D eigenvalue weighted by Crippen LogP contribution is -2.12. The van der Waals surface area contributed by atoms with Crippen molar-refractivity contribution in [1.82, 2.24) is 4.98 Å². The topological polar surface area (TPSA) is 24.9 Å². The smallest absolute Gasteiger partial charge is 0.0723 e. The summed E-state index contributed by atoms with van der Waals surface area (Å²) in [5.41, 5.74) is 5.24. The molecule has 0 bridgehead atoms. The number of hydrogen-bond acceptors (Lipinski definition) is 2. The summed E-state index contributed by atoms with van der Waals surface area (Å²) in [5.74, 6) is 0. The van der Waals surface area contributed by atoms with Crippen LogP contribution in [0.25, 0.3) is 0 Å². The van der Waals surface area contributed by atoms with Crippen molar-refractivity contribution >= 4 is 28.9 Å². The summed E-state index contributed by atoms with van der Waals surface area (Å²) in [6.07, 6.45) is 0. The molecule has 0 fully saturated rings. The first-order valence-electron chi connectivity index (χ1n) is 6.55. The van der Waals surface area contributed by atoms with E-state index in [4.69, 9.17) is 23.2 Å². The van der Waals surface area contributed by atoms with Crippen molar-refractivity contribution in [2.75, 3.05) is 5.32 Å². The number of para-hydroxylation sites is 1. The molecular formula is C16H18Cl2N2. The van der Waals surface area contributed by atoms with Gasteiger partial charge in [-0.1, -0.05) is 29.3 Å². The first-order chi connectivity index (χ1) is 9.40. The molecule has 1 unspecified atom stereocenters. The number of aryl methyl sites for hydroxylation is 3. The van der Waals surface area contributed by atoms with E-state index in [-0.39, 0.29) is 6.04 Å². The number of nitrogens with one attached hydrogen (secondary N) is 1. The number of benzene rings is 1. The molecule has 1 atom stereocenters. The van der Waals surface area contributed by atoms with Crippen molar-refractivity contribution in [3.63, 3.8) is 0 Å². The minimum absolute atomic E-state index is 0.0838. The SMILES string of the molecule is Cc1cc(C)c(C(C)Nc2c(Cl)cccc2Cl)c(C)n1. The van der Waals surface area contributed by atoms with Gasteiger partial charge in [0.05, 0.1) is 21.8 Å². The van der Waals surface area contributed by atoms with Gasteiger partial charge in [-0.2, -0.15) is 0 Å². The first-order valence-corrected chi connectivity index (χ1v) is 7.31. The monoisotopic (exact) mass is 308 g/mol. The van der Waals surface area contributed by atoms with Gasteiger partial charge in [-0.05, 0) is 57.0 Å². The molecule has 0 amide bonds. The van der Waals surface area contributed by atoms with Gasteiger partial charge in [-0.3, -0.25) is 4.98 Å². The van der Waals surface area contributed by atoms with E-state index in [2.05, 4.69) is 30.2 Å². The van der Waals surface area contributed by atoms with Gasteiger partial charge in [-0.25, -0.2) is 0 Å². The number of aromatic nitrogens is 1. The Hall–Kier alpha value is -1.25. The van der Waals surface area contributed by atoms with E-state index in [0.717, 1.165) is 17.1 Å². The van der Waals surface area contributed by atoms with Crippen LogP contribution in [0.3, 0.4) is 0 Å². The quantitative estimate of drug-likeness (QED) is 0.811. The molecule has 1 aromatic heterocycles. The van der Waals surface area contributed by atoms with Crippen LogP contribution in [0.4, 0.5) is 5.69 Å². The Bertz CT molecular complexity index is 595. The molecule has 0 aliphatic carbocycles. The van der Waals surface area contributed by atoms with Crippen LogP contribution >= 0.6 is 23.2 Å². The summed E-state index contributed by atoms with van der Waals surface area (Å²) in [6, 6.07) is 7.67. The summed E-state index contributed by atoms with van der Waals surface area (Å²) in [7, 11) is 0. The maximum Gasteiger partial charge on any atom is 0.0723 e. The highest BCUT2D eigenvalue weighted by molar-refractivity contribution is 6.39. The average molecular weight is 309 g/mol. The highest BCUT2D eigenvalue weighted by atomic mass is 35.5. The molecule has 1 aromatic carbocycles. The van der Waals surface area contributed by atoms with Gasteiger partial charge in [0.2, 0.25) is 0 Å². The van der Waals surface area contributed by atoms with Crippen LogP contribution in [0.15, 0.2) is 24.3 Å². The first kappa shape index (κ1) is 15.1. The third-order valence-electron chi connectivity index (χ3n) is 3.34. The summed E-state index contributed by atoms with van der Waals surface area (Å²) < 4.78 is 0. The standard InChI is InChI=1S/C16H18Cl2N2/c1-9-8-10(2)19-11(3)15(9)12(4)20-16-13(17)6-5-7-14(16)18/h5-8,12,20H,1-4H3. The number of halogens is 2. The molecule has 0 saturated heterocycles. The molecule has 2 rings (SSSR count). The maximum absolute atomic E-state index is 6.20. The van der Waals surface area contributed by atoms with E-state index in [1.54, 1.807) is 0 Å². The normalized spacial score (nSPS) is 12.3. The summed E-state index contributed by atoms with van der Waals surface area (Å²) in [4.78, 5) is 4.54. The van der Waals surface area contributed by atoms with E-state index in [9.17, 15) is 0 Å². The van der Waals surface area contributed by atoms with Crippen molar-refractivity contribution in [3.8, 4) is 0 Å². The van der Waals surface area contributed by atoms with Gasteiger partial charge >= 0.3 is 0 Å². The van der Waals surface area contributed by atoms with Gasteiger partial charge in [0.1, 0.15) is 0 Å². The van der Waals surface area contributed by atoms with Gasteiger partial charge < -0.3 is 5.32 Å². The van der Waals surface area contributed by atoms with E-state index >= 15 is 0 Å². The van der Waals surface area contributed by atoms with Gasteiger partial charge in [0.15, 0.2) is 0 Å². The van der Waals surface area contributed by atoms with Crippen LogP contribution < -0.4 is 5.32 Å². The fourth-order valence-electron chi connectivity index (χ4n) is 2.61. The van der Waals surface area contributed by atoms with Crippen LogP contribution in [-0.4, -0.2) is 4.98 Å². The zero-order chi connectivity index (χ0) is 14.9. The highest BCUT2D eigenvalue weighted by Crippen LogP contribution is 2.34. The second-order valence-corrected chi connectivity index (χ2v) is 5.86. The molecule has 2 nitrogen and oxygen atoms in total. The molecule has 4 heteroatoms. The maximum atomic E-state index is 6.20. The van der Waals surface area contributed by atoms with Crippen molar-refractivity contribution in [1.29, 1.82) is 0 Å². The Labute approximate surface area is 130 Å². The fraction of sp³-hybridized carbons (Fsp3) is 0.312. The van der Waals surface area contributed by atoms with Crippen molar-refractivity contribution in [2.24, 2.45) is 0 Å². The highest BCUT2D eigenvalue weighted by Gasteiger charge is 2.15. The number of pyridine rings is 1. The van der Waals surface area contributed by atoms with Crippen molar-refractivity contribution in [3.05, 3.63) is 56.8 Å². The lowest BCUT2D eigenvalue weighted by molar-refractivity contribution is 0.843. The van der Waals surface area contributed by atoms with Gasteiger partial charge in [-0.15, -0.1) is 0 Å². The largest absolute Gasteiger partial charge is 0.376 e. The molecule has 0 radical (unpaired) electrons. The molecule has 20 heavy (non-hydrogen) atoms. The average Bonchev–Trinajstić information content (AvgIpc) is 2.32. The summed E-state index contributed by atoms with van der Waals surface area (Å²) >= 11 is 12.4. The minimum Gasteiger partial charge on any atom is -0.376 e. The van der Waals surface area contributed by atoms with E-state index in [1.807, 2.05) is 32.0 Å². The van der Waals surface area contributed by atoms with Crippen molar-refractivity contribution in [2.45, 2.75) is 33.7 Å². The Balaban J connectivity index is 2.36. The molecular weight excluding hydrogens is 291 g/mol. The van der Waals surface area contributed by atoms with Crippen molar-refractivity contribution < 1.29 is 0 Å². The number of hydrogen-bond donors (Lipinski definition) is 1. The van der Waals surface area contributed by atoms with Crippen LogP contribution in [0.5, 0.6) is 0 Å². The predicted molar refractivity (Wildman–Crippen MR) is 86.9 cm³/mol. The second kappa shape index (κ2) is 6.02. The zero-order valence-corrected chi connectivity index (χ0v) is 13.6. The summed E-state index contributed by atoms with van der Waals surface area (Å²) in [6.45, 7) is 8.23. The molecule has 2 aromatic rings. The molecule has 0 aliphatic heterocycles. The van der Waals surface area contributed by atoms with E-state index in [0.29, 0.717) is 10.0 Å². The predicted octanol–water partition coefficient (Wildman–Crippen LogP) is 5.49. The van der Waals surface area contributed by atoms with Crippen LogP contribution in [0.2, 0.25) is 10.0 Å². The number of nitrogens with zero attached hydrogens (tertiary/aromatic N) is 1. The Morgan fingerprint density at radius 3 is 2.25 bits per heavy atom.